The molecular weight excluding hydrogens is 257 g/mol. The van der Waals surface area contributed by atoms with Crippen LogP contribution in [0.3, 0.4) is 0 Å². The first-order valence-electron chi connectivity index (χ1n) is 0.647. The van der Waals surface area contributed by atoms with Crippen LogP contribution >= 0.6 is 19.1 Å². The van der Waals surface area contributed by atoms with Crippen LogP contribution in [-0.2, 0) is 41.7 Å². The normalized spacial score (nSPS) is 5.00. The first kappa shape index (κ1) is 10.5. The summed E-state index contributed by atoms with van der Waals surface area (Å²) in [6.07, 6.45) is 0. The van der Waals surface area contributed by atoms with Gasteiger partial charge in [0.05, 0.1) is 0 Å². The Kier molecular flexibility index (Phi) is 28.1. The zero-order valence-electron chi connectivity index (χ0n) is 2.39. The molecule has 0 saturated carbocycles. The topological polar surface area (TPSA) is 34.1 Å². The maximum atomic E-state index is 8.50. The Morgan fingerprint density at radius 1 is 1.33 bits per heavy atom. The van der Waals surface area contributed by atoms with Gasteiger partial charge in [0.1, 0.15) is 0 Å². The van der Waals surface area contributed by atoms with Crippen molar-refractivity contribution in [3.05, 3.63) is 0 Å². The average Bonchev–Trinajstić information content (AvgIpc) is 1.39. The van der Waals surface area contributed by atoms with E-state index in [1.54, 1.807) is 0 Å². The summed E-state index contributed by atoms with van der Waals surface area (Å²) < 4.78 is 17.0. The Labute approximate surface area is 60.3 Å². The summed E-state index contributed by atoms with van der Waals surface area (Å²) in [5.74, 6) is 0. The first-order chi connectivity index (χ1) is 2.83. The average molecular weight is 257 g/mol. The van der Waals surface area contributed by atoms with Gasteiger partial charge in [-0.3, -0.25) is 0 Å². The number of rotatable bonds is 0. The van der Waals surface area contributed by atoms with E-state index in [0.717, 1.165) is 0 Å². The summed E-state index contributed by atoms with van der Waals surface area (Å²) in [4.78, 5) is 0. The van der Waals surface area contributed by atoms with Crippen molar-refractivity contribution < 1.29 is 41.7 Å². The van der Waals surface area contributed by atoms with Crippen LogP contribution in [0.1, 0.15) is 0 Å². The molecule has 0 aromatic rings. The summed E-state index contributed by atoms with van der Waals surface area (Å²) in [7, 11) is 9.63. The quantitative estimate of drug-likeness (QED) is 0.610. The van der Waals surface area contributed by atoms with Gasteiger partial charge in [-0.1, -0.05) is 0 Å². The SMILES string of the molecule is [Cl][Pd][Cl].[O]=[Ti]=[O]. The maximum absolute atomic E-state index is 8.50. The first-order valence-corrected chi connectivity index (χ1v) is 5.93. The second-order valence-electron chi connectivity index (χ2n) is 0.129. The molecule has 0 aliphatic rings. The second kappa shape index (κ2) is 16.0. The van der Waals surface area contributed by atoms with E-state index in [2.05, 4.69) is 0 Å². The minimum absolute atomic E-state index is 0.106. The minimum atomic E-state index is -2.00. The molecule has 6 heteroatoms. The standard InChI is InChI=1S/2ClH.2O.Pd.Ti/h2*1H;;;;/q;;;;+2;/p-2. The molecule has 0 atom stereocenters. The molecule has 2 nitrogen and oxygen atoms in total. The molecular formula is Cl2O2PdTi. The van der Waals surface area contributed by atoms with E-state index < -0.39 is 19.1 Å². The van der Waals surface area contributed by atoms with Crippen molar-refractivity contribution in [2.45, 2.75) is 0 Å². The van der Waals surface area contributed by atoms with Crippen molar-refractivity contribution in [1.29, 1.82) is 0 Å². The predicted molar refractivity (Wildman–Crippen MR) is 13.1 cm³/mol. The monoisotopic (exact) mass is 256 g/mol. The molecule has 0 aliphatic heterocycles. The molecule has 0 saturated heterocycles. The molecule has 0 heterocycles. The van der Waals surface area contributed by atoms with Crippen LogP contribution in [0, 0.1) is 0 Å². The third-order valence-electron chi connectivity index (χ3n) is 0. The van der Waals surface area contributed by atoms with E-state index in [1.165, 1.54) is 0 Å². The molecule has 0 radical (unpaired) electrons. The zero-order chi connectivity index (χ0) is 5.41. The summed E-state index contributed by atoms with van der Waals surface area (Å²) in [5.41, 5.74) is 0. The van der Waals surface area contributed by atoms with Gasteiger partial charge in [-0.15, -0.1) is 0 Å². The predicted octanol–water partition coefficient (Wildman–Crippen LogP) is 1.14. The fourth-order valence-corrected chi connectivity index (χ4v) is 0. The summed E-state index contributed by atoms with van der Waals surface area (Å²) in [6.45, 7) is 0. The molecule has 0 spiro atoms. The number of hydrogen-bond donors (Lipinski definition) is 0. The van der Waals surface area contributed by atoms with Crippen molar-refractivity contribution in [1.82, 2.24) is 0 Å². The van der Waals surface area contributed by atoms with Gasteiger partial charge in [0.15, 0.2) is 0 Å². The molecule has 0 aliphatic carbocycles. The van der Waals surface area contributed by atoms with Gasteiger partial charge in [0, 0.05) is 0 Å². The van der Waals surface area contributed by atoms with Crippen molar-refractivity contribution in [3.63, 3.8) is 0 Å². The second-order valence-corrected chi connectivity index (χ2v) is 2.75. The zero-order valence-corrected chi connectivity index (χ0v) is 7.02. The van der Waals surface area contributed by atoms with Crippen molar-refractivity contribution in [2.75, 3.05) is 0 Å². The Morgan fingerprint density at radius 2 is 1.33 bits per heavy atom. The van der Waals surface area contributed by atoms with E-state index in [1.807, 2.05) is 0 Å². The Hall–Kier alpha value is 1.56. The van der Waals surface area contributed by atoms with Gasteiger partial charge < -0.3 is 0 Å². The van der Waals surface area contributed by atoms with Gasteiger partial charge >= 0.3 is 60.7 Å². The van der Waals surface area contributed by atoms with Crippen LogP contribution in [0.4, 0.5) is 0 Å². The van der Waals surface area contributed by atoms with Crippen LogP contribution in [0.25, 0.3) is 0 Å². The molecule has 0 aromatic heterocycles. The van der Waals surface area contributed by atoms with Gasteiger partial charge in [-0.2, -0.15) is 0 Å². The molecule has 0 amide bonds. The van der Waals surface area contributed by atoms with Gasteiger partial charge in [0.25, 0.3) is 0 Å². The molecule has 0 fully saturated rings. The number of halogens is 2. The van der Waals surface area contributed by atoms with Crippen LogP contribution in [0.5, 0.6) is 0 Å². The van der Waals surface area contributed by atoms with Crippen LogP contribution in [0.2, 0.25) is 0 Å². The van der Waals surface area contributed by atoms with Gasteiger partial charge in [-0.25, -0.2) is 0 Å². The Morgan fingerprint density at radius 3 is 1.33 bits per heavy atom. The summed E-state index contributed by atoms with van der Waals surface area (Å²) >= 11 is -2.11. The molecule has 40 valence electrons. The van der Waals surface area contributed by atoms with Crippen molar-refractivity contribution >= 4 is 19.1 Å². The molecule has 0 unspecified atom stereocenters. The summed E-state index contributed by atoms with van der Waals surface area (Å²) in [5, 5.41) is 0. The van der Waals surface area contributed by atoms with E-state index in [-0.39, 0.29) is 15.9 Å². The van der Waals surface area contributed by atoms with Crippen LogP contribution < -0.4 is 0 Å². The fraction of sp³-hybridized carbons (Fsp3) is 0. The fourth-order valence-electron chi connectivity index (χ4n) is 0. The Balaban J connectivity index is 0. The van der Waals surface area contributed by atoms with E-state index >= 15 is 0 Å². The molecule has 6 heavy (non-hydrogen) atoms. The van der Waals surface area contributed by atoms with E-state index in [0.29, 0.717) is 0 Å². The summed E-state index contributed by atoms with van der Waals surface area (Å²) in [6, 6.07) is 0. The number of hydrogen-bond acceptors (Lipinski definition) is 2. The van der Waals surface area contributed by atoms with Crippen molar-refractivity contribution in [3.8, 4) is 0 Å². The molecule has 0 bridgehead atoms. The van der Waals surface area contributed by atoms with Gasteiger partial charge in [0.2, 0.25) is 0 Å². The third kappa shape index (κ3) is 47.6. The third-order valence-corrected chi connectivity index (χ3v) is 0. The van der Waals surface area contributed by atoms with Crippen LogP contribution in [0.15, 0.2) is 0 Å². The van der Waals surface area contributed by atoms with Gasteiger partial charge in [-0.05, 0) is 0 Å². The van der Waals surface area contributed by atoms with Crippen molar-refractivity contribution in [2.24, 2.45) is 0 Å². The van der Waals surface area contributed by atoms with Crippen LogP contribution in [-0.4, -0.2) is 0 Å². The van der Waals surface area contributed by atoms with E-state index in [4.69, 9.17) is 25.7 Å². The van der Waals surface area contributed by atoms with E-state index in [9.17, 15) is 0 Å². The molecule has 0 aromatic carbocycles. The Bertz CT molecular complexity index is 40.8. The molecule has 0 N–H and O–H groups in total. The molecule has 0 rings (SSSR count).